The van der Waals surface area contributed by atoms with Gasteiger partial charge in [0.25, 0.3) is 0 Å². The Labute approximate surface area is 68.8 Å². The minimum Gasteiger partial charge on any atom is -0.497 e. The zero-order valence-electron chi connectivity index (χ0n) is 6.33. The smallest absolute Gasteiger partial charge is 0.433 e. The Balaban J connectivity index is 3.01. The summed E-state index contributed by atoms with van der Waals surface area (Å²) in [4.78, 5) is 0. The molecule has 66 valence electrons. The van der Waals surface area contributed by atoms with Gasteiger partial charge in [-0.3, -0.25) is 0 Å². The lowest BCUT2D eigenvalue weighted by Crippen LogP contribution is -1.97. The molecule has 0 unspecified atom stereocenters. The Morgan fingerprint density at radius 3 is 2.08 bits per heavy atom. The lowest BCUT2D eigenvalue weighted by atomic mass is 10.3. The second-order valence-electron chi connectivity index (χ2n) is 2.16. The molecule has 0 aliphatic carbocycles. The second-order valence-corrected chi connectivity index (χ2v) is 3.60. The van der Waals surface area contributed by atoms with E-state index in [1.807, 2.05) is 0 Å². The van der Waals surface area contributed by atoms with Gasteiger partial charge in [-0.15, -0.1) is 8.39 Å². The predicted octanol–water partition coefficient (Wildman–Crippen LogP) is 2.45. The van der Waals surface area contributed by atoms with Crippen molar-refractivity contribution in [2.45, 2.75) is 0 Å². The summed E-state index contributed by atoms with van der Waals surface area (Å²) in [6, 6.07) is 4.89. The van der Waals surface area contributed by atoms with Gasteiger partial charge >= 0.3 is 7.76 Å². The van der Waals surface area contributed by atoms with Crippen LogP contribution in [0.25, 0.3) is 0 Å². The molecule has 2 nitrogen and oxygen atoms in total. The van der Waals surface area contributed by atoms with E-state index in [1.165, 1.54) is 19.2 Å². The van der Waals surface area contributed by atoms with Crippen molar-refractivity contribution in [3.63, 3.8) is 0 Å². The quantitative estimate of drug-likeness (QED) is 0.672. The molecule has 1 aromatic carbocycles. The molecule has 1 aromatic rings. The summed E-state index contributed by atoms with van der Waals surface area (Å²) in [5.74, 6) is 0.465. The van der Waals surface area contributed by atoms with Crippen molar-refractivity contribution in [2.24, 2.45) is 0 Å². The van der Waals surface area contributed by atoms with Gasteiger partial charge in [-0.2, -0.15) is 0 Å². The van der Waals surface area contributed by atoms with Crippen LogP contribution in [0, 0.1) is 0 Å². The van der Waals surface area contributed by atoms with Crippen molar-refractivity contribution in [3.05, 3.63) is 24.3 Å². The summed E-state index contributed by atoms with van der Waals surface area (Å²) < 4.78 is 39.4. The third-order valence-corrected chi connectivity index (χ3v) is 2.27. The minimum absolute atomic E-state index is 0.441. The molecule has 0 bridgehead atoms. The monoisotopic (exact) mass is 192 g/mol. The van der Waals surface area contributed by atoms with Crippen LogP contribution in [0.3, 0.4) is 0 Å². The van der Waals surface area contributed by atoms with Crippen molar-refractivity contribution < 1.29 is 17.7 Å². The molecular weight excluding hydrogens is 185 g/mol. The van der Waals surface area contributed by atoms with E-state index in [0.29, 0.717) is 5.75 Å². The third kappa shape index (κ3) is 2.05. The zero-order chi connectivity index (χ0) is 9.19. The maximum atomic E-state index is 12.2. The standard InChI is InChI=1S/C7H7F2O2P/c1-11-6-2-4-7(5-3-6)12(8,9)10/h2-5H,1H3. The normalized spacial score (nSPS) is 11.2. The van der Waals surface area contributed by atoms with E-state index in [1.54, 1.807) is 0 Å². The molecular formula is C7H7F2O2P. The molecule has 0 spiro atoms. The maximum absolute atomic E-state index is 12.2. The molecule has 0 atom stereocenters. The van der Waals surface area contributed by atoms with Gasteiger partial charge in [-0.05, 0) is 24.3 Å². The Bertz CT molecular complexity index is 304. The summed E-state index contributed by atoms with van der Waals surface area (Å²) in [5.41, 5.74) is 0. The van der Waals surface area contributed by atoms with Gasteiger partial charge in [0.05, 0.1) is 12.4 Å². The van der Waals surface area contributed by atoms with E-state index in [2.05, 4.69) is 0 Å². The van der Waals surface area contributed by atoms with E-state index < -0.39 is 13.1 Å². The summed E-state index contributed by atoms with van der Waals surface area (Å²) in [6.07, 6.45) is 0. The van der Waals surface area contributed by atoms with Gasteiger partial charge < -0.3 is 4.74 Å². The molecule has 1 rings (SSSR count). The molecule has 0 amide bonds. The van der Waals surface area contributed by atoms with E-state index in [-0.39, 0.29) is 0 Å². The van der Waals surface area contributed by atoms with E-state index >= 15 is 0 Å². The van der Waals surface area contributed by atoms with Crippen molar-refractivity contribution in [3.8, 4) is 5.75 Å². The van der Waals surface area contributed by atoms with E-state index in [4.69, 9.17) is 4.74 Å². The van der Waals surface area contributed by atoms with Crippen LogP contribution in [0.2, 0.25) is 0 Å². The van der Waals surface area contributed by atoms with Crippen LogP contribution >= 0.6 is 7.76 Å². The molecule has 0 aliphatic rings. The summed E-state index contributed by atoms with van der Waals surface area (Å²) in [6.45, 7) is 0. The average molecular weight is 192 g/mol. The molecule has 12 heavy (non-hydrogen) atoms. The van der Waals surface area contributed by atoms with Crippen molar-refractivity contribution in [2.75, 3.05) is 7.11 Å². The first-order valence-electron chi connectivity index (χ1n) is 3.18. The van der Waals surface area contributed by atoms with Crippen LogP contribution in [0.15, 0.2) is 24.3 Å². The van der Waals surface area contributed by atoms with Crippen LogP contribution < -0.4 is 10.0 Å². The lowest BCUT2D eigenvalue weighted by Gasteiger charge is -2.00. The van der Waals surface area contributed by atoms with Crippen LogP contribution in [0.5, 0.6) is 5.75 Å². The highest BCUT2D eigenvalue weighted by Crippen LogP contribution is 2.47. The number of hydrogen-bond donors (Lipinski definition) is 0. The molecule has 0 fully saturated rings. The molecule has 0 aliphatic heterocycles. The van der Waals surface area contributed by atoms with Crippen LogP contribution in [0.1, 0.15) is 0 Å². The number of ether oxygens (including phenoxy) is 1. The fourth-order valence-electron chi connectivity index (χ4n) is 0.756. The number of benzene rings is 1. The predicted molar refractivity (Wildman–Crippen MR) is 42.5 cm³/mol. The number of methoxy groups -OCH3 is 1. The molecule has 0 radical (unpaired) electrons. The molecule has 0 heterocycles. The fourth-order valence-corrected chi connectivity index (χ4v) is 1.25. The van der Waals surface area contributed by atoms with Crippen molar-refractivity contribution in [1.29, 1.82) is 0 Å². The zero-order valence-corrected chi connectivity index (χ0v) is 7.22. The van der Waals surface area contributed by atoms with Gasteiger partial charge in [0.1, 0.15) is 5.75 Å². The van der Waals surface area contributed by atoms with E-state index in [9.17, 15) is 13.0 Å². The Morgan fingerprint density at radius 2 is 1.75 bits per heavy atom. The van der Waals surface area contributed by atoms with Crippen LogP contribution in [-0.4, -0.2) is 7.11 Å². The van der Waals surface area contributed by atoms with Gasteiger partial charge in [0, 0.05) is 0 Å². The summed E-state index contributed by atoms with van der Waals surface area (Å²) >= 11 is 0. The highest BCUT2D eigenvalue weighted by atomic mass is 31.2. The average Bonchev–Trinajstić information content (AvgIpc) is 2.03. The Morgan fingerprint density at radius 1 is 1.25 bits per heavy atom. The summed E-state index contributed by atoms with van der Waals surface area (Å²) in [7, 11) is -3.67. The first-order valence-corrected chi connectivity index (χ1v) is 4.67. The van der Waals surface area contributed by atoms with Crippen LogP contribution in [0.4, 0.5) is 8.39 Å². The topological polar surface area (TPSA) is 26.3 Å². The second kappa shape index (κ2) is 3.23. The van der Waals surface area contributed by atoms with Gasteiger partial charge in [-0.25, -0.2) is 4.57 Å². The molecule has 5 heteroatoms. The Kier molecular flexibility index (Phi) is 2.48. The minimum atomic E-state index is -5.10. The molecule has 0 saturated heterocycles. The summed E-state index contributed by atoms with van der Waals surface area (Å²) in [5, 5.41) is -0.441. The maximum Gasteiger partial charge on any atom is 0.433 e. The molecule has 0 N–H and O–H groups in total. The van der Waals surface area contributed by atoms with Gasteiger partial charge in [0.2, 0.25) is 0 Å². The Hall–Kier alpha value is -0.890. The molecule has 0 saturated carbocycles. The van der Waals surface area contributed by atoms with Crippen LogP contribution in [-0.2, 0) is 4.57 Å². The van der Waals surface area contributed by atoms with Crippen molar-refractivity contribution >= 4 is 13.1 Å². The lowest BCUT2D eigenvalue weighted by molar-refractivity contribution is 0.415. The molecule has 0 aromatic heterocycles. The van der Waals surface area contributed by atoms with Gasteiger partial charge in [0.15, 0.2) is 0 Å². The number of hydrogen-bond acceptors (Lipinski definition) is 2. The first-order chi connectivity index (χ1) is 5.54. The van der Waals surface area contributed by atoms with E-state index in [0.717, 1.165) is 12.1 Å². The number of rotatable bonds is 2. The first kappa shape index (κ1) is 9.20. The highest BCUT2D eigenvalue weighted by molar-refractivity contribution is 7.61. The van der Waals surface area contributed by atoms with Gasteiger partial charge in [-0.1, -0.05) is 0 Å². The third-order valence-electron chi connectivity index (χ3n) is 1.37. The highest BCUT2D eigenvalue weighted by Gasteiger charge is 2.21. The fraction of sp³-hybridized carbons (Fsp3) is 0.143. The SMILES string of the molecule is COc1ccc(P(=O)(F)F)cc1. The van der Waals surface area contributed by atoms with Crippen molar-refractivity contribution in [1.82, 2.24) is 0 Å². The number of halogens is 2. The largest absolute Gasteiger partial charge is 0.497 e.